The monoisotopic (exact) mass is 1270 g/mol. The van der Waals surface area contributed by atoms with Gasteiger partial charge in [-0.3, -0.25) is 58.3 Å². The zero-order valence-corrected chi connectivity index (χ0v) is 51.2. The number of aromatic nitrogens is 3. The van der Waals surface area contributed by atoms with E-state index in [2.05, 4.69) is 72.1 Å². The molecule has 30 N–H and O–H groups in total. The number of nitrogens with zero attached hydrogens (tertiary/aromatic N) is 4. The minimum Gasteiger partial charge on any atom is -0.370 e. The topological polar surface area (TPSA) is 578 Å². The Bertz CT molecular complexity index is 3630. The van der Waals surface area contributed by atoms with Crippen LogP contribution in [0.4, 0.5) is 0 Å². The van der Waals surface area contributed by atoms with Crippen molar-refractivity contribution >= 4 is 104 Å². The zero-order chi connectivity index (χ0) is 66.9. The second-order valence-corrected chi connectivity index (χ2v) is 22.1. The maximum absolute atomic E-state index is 15.3. The first-order valence-corrected chi connectivity index (χ1v) is 30.0. The third kappa shape index (κ3) is 21.7. The minimum atomic E-state index is -1.50. The number of primary amides is 1. The summed E-state index contributed by atoms with van der Waals surface area (Å²) in [6.45, 7) is 1.65. The fraction of sp³-hybridized carbons (Fsp3) is 0.400. The maximum atomic E-state index is 15.3. The molecule has 8 atom stereocenters. The number of hydrogen-bond donors (Lipinski definition) is 20. The molecule has 0 spiro atoms. The molecule has 6 rings (SSSR count). The van der Waals surface area contributed by atoms with E-state index >= 15 is 9.59 Å². The number of nitrogens with one attached hydrogen (secondary N) is 10. The quantitative estimate of drug-likeness (QED) is 0.0103. The van der Waals surface area contributed by atoms with E-state index in [0.29, 0.717) is 38.5 Å². The minimum absolute atomic E-state index is 0.00302. The number of amides is 8. The molecule has 0 fully saturated rings. The van der Waals surface area contributed by atoms with Crippen LogP contribution in [0.15, 0.2) is 111 Å². The van der Waals surface area contributed by atoms with Gasteiger partial charge in [0.25, 0.3) is 0 Å². The highest BCUT2D eigenvalue weighted by Crippen LogP contribution is 2.23. The van der Waals surface area contributed by atoms with Crippen LogP contribution in [0.1, 0.15) is 75.0 Å². The van der Waals surface area contributed by atoms with Gasteiger partial charge in [0, 0.05) is 96.7 Å². The smallest absolute Gasteiger partial charge is 0.243 e. The number of nitrogens with two attached hydrogens (primary N) is 10. The lowest BCUT2D eigenvalue weighted by atomic mass is 10.00. The number of carbonyl (C=O) groups excluding carboxylic acids is 8. The van der Waals surface area contributed by atoms with Crippen molar-refractivity contribution in [1.82, 2.24) is 52.2 Å². The number of benzene rings is 3. The summed E-state index contributed by atoms with van der Waals surface area (Å²) in [5, 5.41) is 21.5. The number of rotatable bonds is 37. The van der Waals surface area contributed by atoms with Crippen molar-refractivity contribution in [3.8, 4) is 0 Å². The predicted octanol–water partition coefficient (Wildman–Crippen LogP) is -3.40. The van der Waals surface area contributed by atoms with Gasteiger partial charge in [-0.1, -0.05) is 54.6 Å². The van der Waals surface area contributed by atoms with Crippen molar-refractivity contribution in [2.24, 2.45) is 77.3 Å². The fourth-order valence-corrected chi connectivity index (χ4v) is 10.2. The van der Waals surface area contributed by atoms with Crippen LogP contribution in [0.5, 0.6) is 0 Å². The molecule has 32 heteroatoms. The summed E-state index contributed by atoms with van der Waals surface area (Å²) in [6, 6.07) is 11.2. The van der Waals surface area contributed by atoms with Crippen LogP contribution in [0.25, 0.3) is 32.7 Å². The molecule has 494 valence electrons. The number of carbonyl (C=O) groups is 8. The Morgan fingerprint density at radius 3 is 0.870 bits per heavy atom. The van der Waals surface area contributed by atoms with E-state index in [1.165, 1.54) is 6.92 Å². The molecular weight excluding hydrogens is 1180 g/mol. The SMILES string of the molecule is C[C@H](N)C(=O)N[C@@H](CCCN=C(N)N)C(=O)N[C@@H](CCCN=C(N)N)C(=O)N[C@@H](Cc1c[nH]c2ccccc12)C(=O)N[C@@H](Cc1c[nH]c2ccccc12)C(=O)N[C@@H](CCCN=C(N)N)C(=O)N[C@@H](CCCN=C(N)N)C(=O)N[C@@H](Cc1c[nH]c2ccccc12)C(N)=O. The number of hydrogen-bond acceptors (Lipinski definition) is 13. The molecule has 3 aromatic heterocycles. The van der Waals surface area contributed by atoms with E-state index in [1.54, 1.807) is 30.7 Å². The summed E-state index contributed by atoms with van der Waals surface area (Å²) in [5.74, 6) is -7.32. The molecule has 0 saturated heterocycles. The van der Waals surface area contributed by atoms with Crippen LogP contribution in [0, 0.1) is 0 Å². The van der Waals surface area contributed by atoms with E-state index in [0.717, 1.165) is 10.9 Å². The van der Waals surface area contributed by atoms with Crippen LogP contribution in [-0.2, 0) is 57.6 Å². The second kappa shape index (κ2) is 34.7. The Hall–Kier alpha value is -10.9. The van der Waals surface area contributed by atoms with Crippen LogP contribution in [0.2, 0.25) is 0 Å². The average Bonchev–Trinajstić information content (AvgIpc) is 1.67. The molecule has 8 amide bonds. The van der Waals surface area contributed by atoms with Gasteiger partial charge in [0.2, 0.25) is 47.3 Å². The predicted molar refractivity (Wildman–Crippen MR) is 352 cm³/mol. The van der Waals surface area contributed by atoms with Gasteiger partial charge in [0.1, 0.15) is 42.3 Å². The molecule has 6 aromatic rings. The van der Waals surface area contributed by atoms with Gasteiger partial charge in [-0.25, -0.2) is 0 Å². The van der Waals surface area contributed by atoms with Crippen molar-refractivity contribution in [3.05, 3.63) is 108 Å². The molecule has 3 aromatic carbocycles. The fourth-order valence-electron chi connectivity index (χ4n) is 10.2. The summed E-state index contributed by atoms with van der Waals surface area (Å²) in [4.78, 5) is 140. The summed E-state index contributed by atoms with van der Waals surface area (Å²) >= 11 is 0. The zero-order valence-electron chi connectivity index (χ0n) is 51.2. The molecule has 0 saturated carbocycles. The van der Waals surface area contributed by atoms with Gasteiger partial charge >= 0.3 is 0 Å². The first-order valence-electron chi connectivity index (χ1n) is 30.0. The van der Waals surface area contributed by atoms with Gasteiger partial charge in [0.05, 0.1) is 6.04 Å². The van der Waals surface area contributed by atoms with Gasteiger partial charge in [-0.05, 0) is 93.2 Å². The van der Waals surface area contributed by atoms with E-state index in [4.69, 9.17) is 57.3 Å². The summed E-state index contributed by atoms with van der Waals surface area (Å²) in [7, 11) is 0. The van der Waals surface area contributed by atoms with E-state index in [-0.39, 0.29) is 121 Å². The third-order valence-corrected chi connectivity index (χ3v) is 14.9. The lowest BCUT2D eigenvalue weighted by Gasteiger charge is -2.28. The highest BCUT2D eigenvalue weighted by molar-refractivity contribution is 5.99. The van der Waals surface area contributed by atoms with Gasteiger partial charge in [0.15, 0.2) is 23.8 Å². The number of guanidine groups is 4. The first kappa shape index (κ1) is 70.2. The van der Waals surface area contributed by atoms with Crippen molar-refractivity contribution in [2.45, 2.75) is 126 Å². The largest absolute Gasteiger partial charge is 0.370 e. The molecule has 32 nitrogen and oxygen atoms in total. The Morgan fingerprint density at radius 1 is 0.359 bits per heavy atom. The molecule has 0 aliphatic carbocycles. The van der Waals surface area contributed by atoms with Crippen LogP contribution in [0.3, 0.4) is 0 Å². The van der Waals surface area contributed by atoms with Crippen molar-refractivity contribution in [3.63, 3.8) is 0 Å². The van der Waals surface area contributed by atoms with Crippen molar-refractivity contribution in [1.29, 1.82) is 0 Å². The van der Waals surface area contributed by atoms with Crippen molar-refractivity contribution in [2.75, 3.05) is 26.2 Å². The standard InChI is InChI=1S/C60H86N24O8/c1-32(61)50(86)78-42(18-8-22-71-57(63)64)51(87)80-45(21-11-25-74-60(69)70)54(90)83-48(28-35-31-77-41-17-7-4-14-38(35)41)56(92)84-47(27-34-30-76-40-16-6-3-13-37(34)40)55(91)81-43(19-9-23-72-58(65)66)52(88)79-44(20-10-24-73-59(67)68)53(89)82-46(49(62)85)26-33-29-75-39-15-5-2-12-36(33)39/h2-7,12-17,29-32,42-48,75-77H,8-11,18-28,61H2,1H3,(H2,62,85)(H,78,86)(H,79,88)(H,80,87)(H,81,91)(H,82,89)(H,83,90)(H,84,92)(H4,63,64,71)(H4,65,66,72)(H4,67,68,73)(H4,69,70,74)/t32-,42-,43-,44-,45-,46-,47-,48-/m0/s1. The summed E-state index contributed by atoms with van der Waals surface area (Å²) in [6.07, 6.45) is 5.12. The molecular formula is C60H86N24O8. The maximum Gasteiger partial charge on any atom is 0.243 e. The van der Waals surface area contributed by atoms with Gasteiger partial charge in [-0.15, -0.1) is 0 Å². The van der Waals surface area contributed by atoms with Crippen molar-refractivity contribution < 1.29 is 38.4 Å². The Kier molecular flexibility index (Phi) is 26.5. The van der Waals surface area contributed by atoms with E-state index in [9.17, 15) is 28.8 Å². The van der Waals surface area contributed by atoms with Crippen LogP contribution < -0.4 is 94.6 Å². The number of H-pyrrole nitrogens is 3. The normalized spacial score (nSPS) is 13.7. The Balaban J connectivity index is 1.34. The van der Waals surface area contributed by atoms with E-state index in [1.807, 2.05) is 60.7 Å². The van der Waals surface area contributed by atoms with E-state index < -0.39 is 95.6 Å². The molecule has 0 unspecified atom stereocenters. The van der Waals surface area contributed by atoms with Gasteiger partial charge in [-0.2, -0.15) is 0 Å². The van der Waals surface area contributed by atoms with Crippen LogP contribution >= 0.6 is 0 Å². The molecule has 0 aliphatic rings. The average molecular weight is 1270 g/mol. The Labute approximate surface area is 529 Å². The number of aliphatic imine (C=N–C) groups is 4. The molecule has 0 radical (unpaired) electrons. The summed E-state index contributed by atoms with van der Waals surface area (Å²) in [5.41, 5.74) is 60.6. The highest BCUT2D eigenvalue weighted by Gasteiger charge is 2.35. The lowest BCUT2D eigenvalue weighted by molar-refractivity contribution is -0.135. The van der Waals surface area contributed by atoms with Crippen LogP contribution in [-0.4, -0.2) is 161 Å². The van der Waals surface area contributed by atoms with Gasteiger partial charge < -0.3 is 110 Å². The molecule has 0 bridgehead atoms. The number of fused-ring (bicyclic) bond motifs is 3. The number of aromatic amines is 3. The third-order valence-electron chi connectivity index (χ3n) is 14.9. The molecule has 0 aliphatic heterocycles. The number of para-hydroxylation sites is 3. The Morgan fingerprint density at radius 2 is 0.598 bits per heavy atom. The first-order chi connectivity index (χ1) is 44.0. The second-order valence-electron chi connectivity index (χ2n) is 22.1. The molecule has 3 heterocycles. The summed E-state index contributed by atoms with van der Waals surface area (Å²) < 4.78 is 0. The highest BCUT2D eigenvalue weighted by atomic mass is 16.2. The lowest BCUT2D eigenvalue weighted by Crippen LogP contribution is -2.60. The molecule has 92 heavy (non-hydrogen) atoms.